The van der Waals surface area contributed by atoms with Crippen LogP contribution in [0.5, 0.6) is 0 Å². The van der Waals surface area contributed by atoms with Gasteiger partial charge in [0.25, 0.3) is 0 Å². The Labute approximate surface area is 122 Å². The van der Waals surface area contributed by atoms with E-state index in [0.29, 0.717) is 6.42 Å². The van der Waals surface area contributed by atoms with Crippen LogP contribution in [0.15, 0.2) is 0 Å². The maximum Gasteiger partial charge on any atom is 0.411 e. The fraction of sp³-hybridized carbons (Fsp3) is 0.846. The third-order valence-electron chi connectivity index (χ3n) is 2.75. The number of amides is 1. The van der Waals surface area contributed by atoms with E-state index in [2.05, 4.69) is 0 Å². The molecule has 124 valence electrons. The lowest BCUT2D eigenvalue weighted by molar-refractivity contribution is -0.162. The van der Waals surface area contributed by atoms with Crippen molar-refractivity contribution in [1.82, 2.24) is 4.90 Å². The second-order valence-electron chi connectivity index (χ2n) is 5.89. The van der Waals surface area contributed by atoms with Gasteiger partial charge in [0.05, 0.1) is 0 Å². The van der Waals surface area contributed by atoms with Gasteiger partial charge < -0.3 is 9.84 Å². The van der Waals surface area contributed by atoms with Crippen molar-refractivity contribution in [3.63, 3.8) is 0 Å². The number of nitrogens with zero attached hydrogens (tertiary/aromatic N) is 1. The minimum Gasteiger partial charge on any atom is -0.480 e. The summed E-state index contributed by atoms with van der Waals surface area (Å²) in [6.45, 7) is 5.94. The minimum atomic E-state index is -4.71. The first-order valence-corrected chi connectivity index (χ1v) is 6.57. The smallest absolute Gasteiger partial charge is 0.411 e. The molecule has 0 aliphatic heterocycles. The summed E-state index contributed by atoms with van der Waals surface area (Å²) in [5.74, 6) is -2.13. The highest BCUT2D eigenvalue weighted by Crippen LogP contribution is 2.24. The molecule has 0 saturated carbocycles. The van der Waals surface area contributed by atoms with Crippen molar-refractivity contribution in [2.45, 2.75) is 58.9 Å². The maximum atomic E-state index is 12.6. The summed E-state index contributed by atoms with van der Waals surface area (Å²) in [6, 6.07) is -1.59. The molecule has 0 aliphatic rings. The number of ether oxygens (including phenoxy) is 1. The van der Waals surface area contributed by atoms with Crippen LogP contribution in [0.4, 0.5) is 18.0 Å². The predicted molar refractivity (Wildman–Crippen MR) is 69.9 cm³/mol. The molecule has 0 fully saturated rings. The van der Waals surface area contributed by atoms with E-state index in [4.69, 9.17) is 4.74 Å². The monoisotopic (exact) mass is 313 g/mol. The fourth-order valence-electron chi connectivity index (χ4n) is 1.70. The first kappa shape index (κ1) is 19.5. The highest BCUT2D eigenvalue weighted by atomic mass is 19.4. The van der Waals surface area contributed by atoms with E-state index in [1.807, 2.05) is 0 Å². The van der Waals surface area contributed by atoms with Gasteiger partial charge in [0.2, 0.25) is 0 Å². The third-order valence-corrected chi connectivity index (χ3v) is 2.75. The van der Waals surface area contributed by atoms with Gasteiger partial charge >= 0.3 is 18.2 Å². The van der Waals surface area contributed by atoms with Gasteiger partial charge in [-0.1, -0.05) is 20.3 Å². The number of carbonyl (C=O) groups excluding carboxylic acids is 1. The van der Waals surface area contributed by atoms with Crippen LogP contribution in [0.1, 0.15) is 41.0 Å². The van der Waals surface area contributed by atoms with Gasteiger partial charge in [-0.05, 0) is 26.7 Å². The Morgan fingerprint density at radius 1 is 1.24 bits per heavy atom. The summed E-state index contributed by atoms with van der Waals surface area (Å²) in [4.78, 5) is 23.5. The lowest BCUT2D eigenvalue weighted by Gasteiger charge is -2.34. The molecule has 0 radical (unpaired) electrons. The number of hydrogen-bond donors (Lipinski definition) is 1. The van der Waals surface area contributed by atoms with Crippen LogP contribution in [0, 0.1) is 5.92 Å². The lowest BCUT2D eigenvalue weighted by atomic mass is 9.98. The lowest BCUT2D eigenvalue weighted by Crippen LogP contribution is -2.53. The Kier molecular flexibility index (Phi) is 6.51. The summed E-state index contributed by atoms with van der Waals surface area (Å²) in [5.41, 5.74) is -1.01. The average molecular weight is 313 g/mol. The molecule has 0 bridgehead atoms. The number of carbonyl (C=O) groups is 2. The molecule has 0 rings (SSSR count). The third kappa shape index (κ3) is 7.19. The second-order valence-corrected chi connectivity index (χ2v) is 5.89. The van der Waals surface area contributed by atoms with Crippen molar-refractivity contribution in [1.29, 1.82) is 0 Å². The van der Waals surface area contributed by atoms with E-state index in [9.17, 15) is 27.9 Å². The quantitative estimate of drug-likeness (QED) is 0.846. The predicted octanol–water partition coefficient (Wildman–Crippen LogP) is 3.29. The Bertz CT molecular complexity index is 377. The molecule has 1 N–H and O–H groups in total. The van der Waals surface area contributed by atoms with Gasteiger partial charge in [0.15, 0.2) is 0 Å². The highest BCUT2D eigenvalue weighted by molar-refractivity contribution is 5.80. The van der Waals surface area contributed by atoms with Crippen molar-refractivity contribution in [3.05, 3.63) is 0 Å². The maximum absolute atomic E-state index is 12.6. The standard InChI is InChI=1S/C13H22F3NO4/c1-6-8(2)9(10(18)19)17(7-13(14,15)16)11(20)21-12(3,4)5/h8-9H,6-7H2,1-5H3,(H,18,19). The van der Waals surface area contributed by atoms with Crippen molar-refractivity contribution >= 4 is 12.1 Å². The van der Waals surface area contributed by atoms with Crippen LogP contribution in [-0.2, 0) is 9.53 Å². The van der Waals surface area contributed by atoms with Crippen LogP contribution in [-0.4, -0.2) is 46.4 Å². The molecule has 0 spiro atoms. The molecule has 0 aromatic carbocycles. The topological polar surface area (TPSA) is 66.8 Å². The molecule has 0 saturated heterocycles. The molecular weight excluding hydrogens is 291 g/mol. The summed E-state index contributed by atoms with van der Waals surface area (Å²) >= 11 is 0. The van der Waals surface area contributed by atoms with E-state index in [-0.39, 0.29) is 4.90 Å². The zero-order chi connectivity index (χ0) is 17.0. The van der Waals surface area contributed by atoms with Crippen LogP contribution < -0.4 is 0 Å². The fourth-order valence-corrected chi connectivity index (χ4v) is 1.70. The van der Waals surface area contributed by atoms with Crippen LogP contribution in [0.3, 0.4) is 0 Å². The van der Waals surface area contributed by atoms with E-state index in [1.54, 1.807) is 6.92 Å². The van der Waals surface area contributed by atoms with Crippen molar-refractivity contribution < 1.29 is 32.6 Å². The molecular formula is C13H22F3NO4. The molecule has 1 amide bonds. The Morgan fingerprint density at radius 3 is 2.00 bits per heavy atom. The molecule has 0 aromatic rings. The normalized spacial score (nSPS) is 15.2. The Hall–Kier alpha value is -1.47. The number of aliphatic carboxylic acids is 1. The summed E-state index contributed by atoms with van der Waals surface area (Å²) in [5, 5.41) is 9.17. The van der Waals surface area contributed by atoms with Crippen LogP contribution in [0.25, 0.3) is 0 Å². The minimum absolute atomic E-state index is 0.238. The number of carboxylic acids is 1. The molecule has 2 atom stereocenters. The first-order chi connectivity index (χ1) is 9.28. The van der Waals surface area contributed by atoms with Gasteiger partial charge in [0, 0.05) is 0 Å². The molecule has 0 aliphatic carbocycles. The molecule has 8 heteroatoms. The van der Waals surface area contributed by atoms with Crippen LogP contribution >= 0.6 is 0 Å². The summed E-state index contributed by atoms with van der Waals surface area (Å²) in [6.07, 6.45) is -5.68. The van der Waals surface area contributed by atoms with Crippen LogP contribution in [0.2, 0.25) is 0 Å². The van der Waals surface area contributed by atoms with Gasteiger partial charge in [-0.25, -0.2) is 9.59 Å². The molecule has 5 nitrogen and oxygen atoms in total. The Morgan fingerprint density at radius 2 is 1.71 bits per heavy atom. The van der Waals surface area contributed by atoms with E-state index >= 15 is 0 Å². The van der Waals surface area contributed by atoms with Crippen molar-refractivity contribution in [2.75, 3.05) is 6.54 Å². The number of hydrogen-bond acceptors (Lipinski definition) is 3. The van der Waals surface area contributed by atoms with E-state index in [1.165, 1.54) is 27.7 Å². The van der Waals surface area contributed by atoms with E-state index in [0.717, 1.165) is 0 Å². The molecule has 2 unspecified atom stereocenters. The van der Waals surface area contributed by atoms with Crippen molar-refractivity contribution in [3.8, 4) is 0 Å². The van der Waals surface area contributed by atoms with Crippen molar-refractivity contribution in [2.24, 2.45) is 5.92 Å². The van der Waals surface area contributed by atoms with Gasteiger partial charge in [-0.15, -0.1) is 0 Å². The number of carboxylic acid groups (broad SMARTS) is 1. The van der Waals surface area contributed by atoms with Gasteiger partial charge in [0.1, 0.15) is 18.2 Å². The van der Waals surface area contributed by atoms with Gasteiger partial charge in [-0.2, -0.15) is 13.2 Å². The summed E-state index contributed by atoms with van der Waals surface area (Å²) < 4.78 is 42.8. The van der Waals surface area contributed by atoms with Gasteiger partial charge in [-0.3, -0.25) is 4.90 Å². The molecule has 21 heavy (non-hydrogen) atoms. The molecule has 0 heterocycles. The zero-order valence-corrected chi connectivity index (χ0v) is 12.8. The zero-order valence-electron chi connectivity index (χ0n) is 12.8. The highest BCUT2D eigenvalue weighted by Gasteiger charge is 2.42. The first-order valence-electron chi connectivity index (χ1n) is 6.57. The largest absolute Gasteiger partial charge is 0.480 e. The SMILES string of the molecule is CCC(C)C(C(=O)O)N(CC(F)(F)F)C(=O)OC(C)(C)C. The molecule has 0 aromatic heterocycles. The van der Waals surface area contributed by atoms with E-state index < -0.39 is 42.3 Å². The average Bonchev–Trinajstić information content (AvgIpc) is 2.23. The summed E-state index contributed by atoms with van der Waals surface area (Å²) in [7, 11) is 0. The second kappa shape index (κ2) is 7.00. The number of halogens is 3. The Balaban J connectivity index is 5.47. The number of rotatable bonds is 5. The number of alkyl halides is 3.